The maximum Gasteiger partial charge on any atom is 0.287 e. The zero-order valence-electron chi connectivity index (χ0n) is 18.1. The Kier molecular flexibility index (Phi) is 7.19. The fourth-order valence-electron chi connectivity index (χ4n) is 3.56. The summed E-state index contributed by atoms with van der Waals surface area (Å²) in [5, 5.41) is 2.97. The molecule has 2 aromatic rings. The van der Waals surface area contributed by atoms with E-state index in [9.17, 15) is 9.59 Å². The Bertz CT molecular complexity index is 814. The molecule has 1 N–H and O–H groups in total. The van der Waals surface area contributed by atoms with Gasteiger partial charge in [-0.1, -0.05) is 32.9 Å². The summed E-state index contributed by atoms with van der Waals surface area (Å²) in [7, 11) is 0. The highest BCUT2D eigenvalue weighted by Crippen LogP contribution is 2.24. The van der Waals surface area contributed by atoms with Crippen LogP contribution in [-0.2, 0) is 10.2 Å². The van der Waals surface area contributed by atoms with Crippen LogP contribution in [0.2, 0.25) is 0 Å². The lowest BCUT2D eigenvalue weighted by Gasteiger charge is -2.32. The van der Waals surface area contributed by atoms with E-state index in [1.54, 1.807) is 12.1 Å². The number of ether oxygens (including phenoxy) is 1. The summed E-state index contributed by atoms with van der Waals surface area (Å²) in [6.07, 6.45) is 4.17. The number of carbonyl (C=O) groups is 2. The van der Waals surface area contributed by atoms with Crippen molar-refractivity contribution in [1.82, 2.24) is 10.2 Å². The molecule has 162 valence electrons. The summed E-state index contributed by atoms with van der Waals surface area (Å²) in [6, 6.07) is 11.6. The molecule has 2 heterocycles. The van der Waals surface area contributed by atoms with Gasteiger partial charge in [-0.3, -0.25) is 9.59 Å². The fraction of sp³-hybridized carbons (Fsp3) is 0.500. The Labute approximate surface area is 178 Å². The maximum absolute atomic E-state index is 12.4. The molecule has 3 rings (SSSR count). The van der Waals surface area contributed by atoms with Crippen LogP contribution in [0.25, 0.3) is 0 Å². The first-order chi connectivity index (χ1) is 14.3. The van der Waals surface area contributed by atoms with Gasteiger partial charge in [0.15, 0.2) is 5.76 Å². The Balaban J connectivity index is 1.32. The molecule has 30 heavy (non-hydrogen) atoms. The molecule has 0 unspecified atom stereocenters. The standard InChI is InChI=1S/C24H32N2O4/c1-24(2,3)18-8-10-20(11-9-18)29-16-5-7-22(27)26-14-12-19(13-15-26)25-23(28)21-6-4-17-30-21/h4,6,8-11,17,19H,5,7,12-16H2,1-3H3,(H,25,28). The zero-order valence-corrected chi connectivity index (χ0v) is 18.1. The predicted molar refractivity (Wildman–Crippen MR) is 116 cm³/mol. The lowest BCUT2D eigenvalue weighted by molar-refractivity contribution is -0.132. The molecular weight excluding hydrogens is 380 g/mol. The lowest BCUT2D eigenvalue weighted by Crippen LogP contribution is -2.46. The number of amides is 2. The van der Waals surface area contributed by atoms with Gasteiger partial charge in [0.2, 0.25) is 5.91 Å². The van der Waals surface area contributed by atoms with Crippen LogP contribution in [0, 0.1) is 0 Å². The Morgan fingerprint density at radius 2 is 1.83 bits per heavy atom. The Hall–Kier alpha value is -2.76. The van der Waals surface area contributed by atoms with E-state index in [4.69, 9.17) is 9.15 Å². The van der Waals surface area contributed by atoms with Crippen LogP contribution in [0.3, 0.4) is 0 Å². The number of benzene rings is 1. The zero-order chi connectivity index (χ0) is 21.6. The highest BCUT2D eigenvalue weighted by atomic mass is 16.5. The van der Waals surface area contributed by atoms with Crippen molar-refractivity contribution in [2.45, 2.75) is 57.9 Å². The van der Waals surface area contributed by atoms with Gasteiger partial charge in [-0.25, -0.2) is 0 Å². The molecule has 2 amide bonds. The smallest absolute Gasteiger partial charge is 0.287 e. The van der Waals surface area contributed by atoms with Crippen molar-refractivity contribution in [2.24, 2.45) is 0 Å². The van der Waals surface area contributed by atoms with Gasteiger partial charge in [0.25, 0.3) is 5.91 Å². The van der Waals surface area contributed by atoms with Crippen LogP contribution in [0.5, 0.6) is 5.75 Å². The lowest BCUT2D eigenvalue weighted by atomic mass is 9.87. The normalized spacial score (nSPS) is 15.1. The van der Waals surface area contributed by atoms with Gasteiger partial charge in [0, 0.05) is 25.6 Å². The minimum absolute atomic E-state index is 0.0750. The average molecular weight is 413 g/mol. The molecule has 1 aromatic heterocycles. The summed E-state index contributed by atoms with van der Waals surface area (Å²) in [5.41, 5.74) is 1.40. The third kappa shape index (κ3) is 6.12. The molecule has 1 aliphatic heterocycles. The SMILES string of the molecule is CC(C)(C)c1ccc(OCCCC(=O)N2CCC(NC(=O)c3ccco3)CC2)cc1. The Morgan fingerprint density at radius 1 is 1.13 bits per heavy atom. The molecule has 1 saturated heterocycles. The summed E-state index contributed by atoms with van der Waals surface area (Å²) < 4.78 is 10.9. The second-order valence-corrected chi connectivity index (χ2v) is 8.83. The number of piperidine rings is 1. The van der Waals surface area contributed by atoms with E-state index in [2.05, 4.69) is 38.2 Å². The van der Waals surface area contributed by atoms with Crippen molar-refractivity contribution < 1.29 is 18.7 Å². The van der Waals surface area contributed by atoms with Crippen molar-refractivity contribution in [3.8, 4) is 5.75 Å². The first kappa shape index (κ1) is 21.9. The second-order valence-electron chi connectivity index (χ2n) is 8.83. The molecule has 6 nitrogen and oxygen atoms in total. The average Bonchev–Trinajstić information content (AvgIpc) is 3.26. The highest BCUT2D eigenvalue weighted by molar-refractivity contribution is 5.91. The number of nitrogens with zero attached hydrogens (tertiary/aromatic N) is 1. The summed E-state index contributed by atoms with van der Waals surface area (Å²) in [6.45, 7) is 8.41. The number of hydrogen-bond acceptors (Lipinski definition) is 4. The van der Waals surface area contributed by atoms with Crippen molar-refractivity contribution in [3.63, 3.8) is 0 Å². The van der Waals surface area contributed by atoms with Gasteiger partial charge in [-0.2, -0.15) is 0 Å². The molecule has 6 heteroatoms. The molecule has 0 spiro atoms. The molecule has 0 radical (unpaired) electrons. The Morgan fingerprint density at radius 3 is 2.43 bits per heavy atom. The van der Waals surface area contributed by atoms with E-state index >= 15 is 0 Å². The van der Waals surface area contributed by atoms with Crippen LogP contribution in [0.15, 0.2) is 47.1 Å². The van der Waals surface area contributed by atoms with Gasteiger partial charge < -0.3 is 19.4 Å². The van der Waals surface area contributed by atoms with Gasteiger partial charge in [-0.05, 0) is 54.5 Å². The first-order valence-electron chi connectivity index (χ1n) is 10.7. The maximum atomic E-state index is 12.4. The number of furan rings is 1. The highest BCUT2D eigenvalue weighted by Gasteiger charge is 2.24. The number of likely N-dealkylation sites (tertiary alicyclic amines) is 1. The van der Waals surface area contributed by atoms with Gasteiger partial charge in [0.05, 0.1) is 12.9 Å². The van der Waals surface area contributed by atoms with Gasteiger partial charge in [0.1, 0.15) is 5.75 Å². The summed E-state index contributed by atoms with van der Waals surface area (Å²) >= 11 is 0. The van der Waals surface area contributed by atoms with E-state index in [1.807, 2.05) is 17.0 Å². The van der Waals surface area contributed by atoms with Crippen molar-refractivity contribution in [1.29, 1.82) is 0 Å². The topological polar surface area (TPSA) is 71.8 Å². The van der Waals surface area contributed by atoms with E-state index in [-0.39, 0.29) is 23.3 Å². The minimum atomic E-state index is -0.197. The molecule has 0 saturated carbocycles. The third-order valence-corrected chi connectivity index (χ3v) is 5.45. The van der Waals surface area contributed by atoms with E-state index in [0.717, 1.165) is 18.6 Å². The number of carbonyl (C=O) groups excluding carboxylic acids is 2. The molecule has 1 fully saturated rings. The molecule has 0 atom stereocenters. The van der Waals surface area contributed by atoms with Gasteiger partial charge >= 0.3 is 0 Å². The van der Waals surface area contributed by atoms with Crippen LogP contribution in [0.4, 0.5) is 0 Å². The van der Waals surface area contributed by atoms with Crippen molar-refractivity contribution >= 4 is 11.8 Å². The number of rotatable bonds is 7. The van der Waals surface area contributed by atoms with E-state index in [1.165, 1.54) is 11.8 Å². The molecule has 1 aliphatic rings. The third-order valence-electron chi connectivity index (χ3n) is 5.45. The molecular formula is C24H32N2O4. The molecule has 0 aliphatic carbocycles. The minimum Gasteiger partial charge on any atom is -0.494 e. The monoisotopic (exact) mass is 412 g/mol. The van der Waals surface area contributed by atoms with Crippen LogP contribution < -0.4 is 10.1 Å². The second kappa shape index (κ2) is 9.83. The summed E-state index contributed by atoms with van der Waals surface area (Å²) in [4.78, 5) is 26.4. The largest absolute Gasteiger partial charge is 0.494 e. The molecule has 1 aromatic carbocycles. The van der Waals surface area contributed by atoms with Crippen LogP contribution in [-0.4, -0.2) is 42.5 Å². The van der Waals surface area contributed by atoms with Crippen LogP contribution >= 0.6 is 0 Å². The summed E-state index contributed by atoms with van der Waals surface area (Å²) in [5.74, 6) is 1.11. The predicted octanol–water partition coefficient (Wildman–Crippen LogP) is 4.16. The molecule has 0 bridgehead atoms. The first-order valence-corrected chi connectivity index (χ1v) is 10.7. The van der Waals surface area contributed by atoms with Crippen molar-refractivity contribution in [3.05, 3.63) is 54.0 Å². The quantitative estimate of drug-likeness (QED) is 0.693. The van der Waals surface area contributed by atoms with E-state index < -0.39 is 0 Å². The van der Waals surface area contributed by atoms with Crippen LogP contribution in [0.1, 0.15) is 62.6 Å². The van der Waals surface area contributed by atoms with E-state index in [0.29, 0.717) is 38.3 Å². The van der Waals surface area contributed by atoms with Gasteiger partial charge in [-0.15, -0.1) is 0 Å². The number of hydrogen-bond donors (Lipinski definition) is 1. The number of nitrogens with one attached hydrogen (secondary N) is 1. The van der Waals surface area contributed by atoms with Crippen molar-refractivity contribution in [2.75, 3.05) is 19.7 Å². The fourth-order valence-corrected chi connectivity index (χ4v) is 3.56.